The molecule has 0 radical (unpaired) electrons. The third kappa shape index (κ3) is 4.47. The first-order chi connectivity index (χ1) is 15.5. The van der Waals surface area contributed by atoms with Crippen LogP contribution in [0.1, 0.15) is 49.7 Å². The van der Waals surface area contributed by atoms with Crippen LogP contribution in [0.3, 0.4) is 0 Å². The third-order valence-corrected chi connectivity index (χ3v) is 6.49. The first-order valence-corrected chi connectivity index (χ1v) is 11.1. The molecule has 3 atom stereocenters. The lowest BCUT2D eigenvalue weighted by atomic mass is 9.98. The van der Waals surface area contributed by atoms with Crippen LogP contribution in [-0.4, -0.2) is 41.8 Å². The number of rotatable bonds is 7. The summed E-state index contributed by atoms with van der Waals surface area (Å²) in [4.78, 5) is 36.2. The number of amides is 2. The lowest BCUT2D eigenvalue weighted by Crippen LogP contribution is -2.49. The van der Waals surface area contributed by atoms with E-state index in [-0.39, 0.29) is 24.5 Å². The van der Waals surface area contributed by atoms with Crippen molar-refractivity contribution in [2.45, 2.75) is 50.6 Å². The van der Waals surface area contributed by atoms with Gasteiger partial charge in [-0.15, -0.1) is 0 Å². The Morgan fingerprint density at radius 2 is 1.66 bits per heavy atom. The smallest absolute Gasteiger partial charge is 0.407 e. The van der Waals surface area contributed by atoms with E-state index in [1.165, 1.54) is 0 Å². The van der Waals surface area contributed by atoms with E-state index in [2.05, 4.69) is 34.9 Å². The SMILES string of the molecule is CC[C@@H](NC(=O)OCC1c2ccccc2-c2ccccc21)C(=O)N[C@@H]1CC[C@H](C(=O)O)C1. The first-order valence-electron chi connectivity index (χ1n) is 11.1. The molecular weight excluding hydrogens is 408 g/mol. The minimum Gasteiger partial charge on any atom is -0.481 e. The highest BCUT2D eigenvalue weighted by atomic mass is 16.5. The number of carbonyl (C=O) groups excluding carboxylic acids is 2. The van der Waals surface area contributed by atoms with Crippen molar-refractivity contribution >= 4 is 18.0 Å². The maximum Gasteiger partial charge on any atom is 0.407 e. The predicted octanol–water partition coefficient (Wildman–Crippen LogP) is 3.67. The number of carboxylic acid groups (broad SMARTS) is 1. The van der Waals surface area contributed by atoms with E-state index < -0.39 is 24.0 Å². The van der Waals surface area contributed by atoms with Gasteiger partial charge in [0, 0.05) is 12.0 Å². The molecule has 2 amide bonds. The fraction of sp³-hybridized carbons (Fsp3) is 0.400. The van der Waals surface area contributed by atoms with E-state index in [9.17, 15) is 14.4 Å². The largest absolute Gasteiger partial charge is 0.481 e. The second-order valence-electron chi connectivity index (χ2n) is 8.48. The van der Waals surface area contributed by atoms with Gasteiger partial charge in [0.2, 0.25) is 5.91 Å². The minimum absolute atomic E-state index is 0.0477. The van der Waals surface area contributed by atoms with Crippen molar-refractivity contribution in [1.82, 2.24) is 10.6 Å². The summed E-state index contributed by atoms with van der Waals surface area (Å²) in [5.41, 5.74) is 4.55. The number of ether oxygens (including phenoxy) is 1. The zero-order valence-corrected chi connectivity index (χ0v) is 18.0. The number of hydrogen-bond donors (Lipinski definition) is 3. The Kier molecular flexibility index (Phi) is 6.44. The maximum atomic E-state index is 12.6. The molecule has 4 rings (SSSR count). The monoisotopic (exact) mass is 436 g/mol. The number of carboxylic acids is 1. The average molecular weight is 437 g/mol. The van der Waals surface area contributed by atoms with E-state index in [1.54, 1.807) is 0 Å². The Bertz CT molecular complexity index is 975. The normalized spacial score (nSPS) is 20.2. The molecule has 32 heavy (non-hydrogen) atoms. The lowest BCUT2D eigenvalue weighted by molar-refractivity contribution is -0.141. The van der Waals surface area contributed by atoms with Gasteiger partial charge in [0.15, 0.2) is 0 Å². The summed E-state index contributed by atoms with van der Waals surface area (Å²) in [6.07, 6.45) is 1.37. The third-order valence-electron chi connectivity index (χ3n) is 6.49. The molecule has 2 aliphatic carbocycles. The Labute approximate surface area is 187 Å². The highest BCUT2D eigenvalue weighted by Gasteiger charge is 2.33. The van der Waals surface area contributed by atoms with Crippen LogP contribution in [0.2, 0.25) is 0 Å². The highest BCUT2D eigenvalue weighted by Crippen LogP contribution is 2.44. The minimum atomic E-state index is -0.828. The molecule has 7 heteroatoms. The van der Waals surface area contributed by atoms with Gasteiger partial charge in [0.1, 0.15) is 12.6 Å². The molecule has 3 N–H and O–H groups in total. The number of benzene rings is 2. The Morgan fingerprint density at radius 3 is 2.22 bits per heavy atom. The van der Waals surface area contributed by atoms with Crippen LogP contribution in [0, 0.1) is 5.92 Å². The van der Waals surface area contributed by atoms with E-state index >= 15 is 0 Å². The summed E-state index contributed by atoms with van der Waals surface area (Å²) in [6, 6.07) is 15.3. The summed E-state index contributed by atoms with van der Waals surface area (Å²) in [6.45, 7) is 1.99. The summed E-state index contributed by atoms with van der Waals surface area (Å²) in [7, 11) is 0. The molecule has 1 saturated carbocycles. The van der Waals surface area contributed by atoms with E-state index in [1.807, 2.05) is 31.2 Å². The summed E-state index contributed by atoms with van der Waals surface area (Å²) >= 11 is 0. The van der Waals surface area contributed by atoms with Gasteiger partial charge in [-0.25, -0.2) is 4.79 Å². The van der Waals surface area contributed by atoms with Crippen LogP contribution in [0.25, 0.3) is 11.1 Å². The van der Waals surface area contributed by atoms with Gasteiger partial charge < -0.3 is 20.5 Å². The molecule has 0 aliphatic heterocycles. The van der Waals surface area contributed by atoms with Gasteiger partial charge in [-0.2, -0.15) is 0 Å². The fourth-order valence-corrected chi connectivity index (χ4v) is 4.77. The van der Waals surface area contributed by atoms with Crippen LogP contribution in [0.4, 0.5) is 4.79 Å². The molecule has 168 valence electrons. The molecule has 0 heterocycles. The Balaban J connectivity index is 1.33. The number of fused-ring (bicyclic) bond motifs is 3. The Morgan fingerprint density at radius 1 is 1.03 bits per heavy atom. The quantitative estimate of drug-likeness (QED) is 0.614. The van der Waals surface area contributed by atoms with Gasteiger partial charge in [-0.05, 0) is 47.9 Å². The molecule has 2 aromatic rings. The van der Waals surface area contributed by atoms with Crippen molar-refractivity contribution in [3.05, 3.63) is 59.7 Å². The molecule has 1 fully saturated rings. The van der Waals surface area contributed by atoms with Gasteiger partial charge in [-0.1, -0.05) is 55.5 Å². The lowest BCUT2D eigenvalue weighted by Gasteiger charge is -2.20. The number of nitrogens with one attached hydrogen (secondary N) is 2. The maximum absolute atomic E-state index is 12.6. The molecular formula is C25H28N2O5. The highest BCUT2D eigenvalue weighted by molar-refractivity contribution is 5.86. The van der Waals surface area contributed by atoms with Crippen molar-refractivity contribution in [3.63, 3.8) is 0 Å². The number of hydrogen-bond acceptors (Lipinski definition) is 4. The van der Waals surface area contributed by atoms with Crippen molar-refractivity contribution in [2.75, 3.05) is 6.61 Å². The van der Waals surface area contributed by atoms with Crippen molar-refractivity contribution in [2.24, 2.45) is 5.92 Å². The standard InChI is InChI=1S/C25H28N2O5/c1-2-22(23(28)26-16-12-11-15(13-16)24(29)30)27-25(31)32-14-21-19-9-5-3-7-17(19)18-8-4-6-10-20(18)21/h3-10,15-16,21-22H,2,11-14H2,1H3,(H,26,28)(H,27,31)(H,29,30)/t15-,16+,22+/m0/s1. The molecule has 2 aromatic carbocycles. The topological polar surface area (TPSA) is 105 Å². The second-order valence-corrected chi connectivity index (χ2v) is 8.48. The number of carbonyl (C=O) groups is 3. The zero-order valence-electron chi connectivity index (χ0n) is 18.0. The van der Waals surface area contributed by atoms with Crippen molar-refractivity contribution < 1.29 is 24.2 Å². The summed E-state index contributed by atoms with van der Waals surface area (Å²) in [5.74, 6) is -1.61. The van der Waals surface area contributed by atoms with Crippen LogP contribution < -0.4 is 10.6 Å². The average Bonchev–Trinajstić information content (AvgIpc) is 3.39. The molecule has 0 aromatic heterocycles. The van der Waals surface area contributed by atoms with E-state index in [0.717, 1.165) is 22.3 Å². The fourth-order valence-electron chi connectivity index (χ4n) is 4.77. The predicted molar refractivity (Wildman–Crippen MR) is 119 cm³/mol. The Hall–Kier alpha value is -3.35. The zero-order chi connectivity index (χ0) is 22.7. The number of aliphatic carboxylic acids is 1. The van der Waals surface area contributed by atoms with Gasteiger partial charge >= 0.3 is 12.1 Å². The number of alkyl carbamates (subject to hydrolysis) is 1. The molecule has 7 nitrogen and oxygen atoms in total. The van der Waals surface area contributed by atoms with Crippen LogP contribution >= 0.6 is 0 Å². The van der Waals surface area contributed by atoms with Gasteiger partial charge in [0.25, 0.3) is 0 Å². The van der Waals surface area contributed by atoms with Crippen LogP contribution in [0.5, 0.6) is 0 Å². The van der Waals surface area contributed by atoms with Crippen molar-refractivity contribution in [1.29, 1.82) is 0 Å². The van der Waals surface area contributed by atoms with E-state index in [0.29, 0.717) is 25.7 Å². The molecule has 0 spiro atoms. The molecule has 2 aliphatic rings. The summed E-state index contributed by atoms with van der Waals surface area (Å²) < 4.78 is 5.53. The van der Waals surface area contributed by atoms with Gasteiger partial charge in [0.05, 0.1) is 5.92 Å². The molecule has 0 bridgehead atoms. The molecule has 0 saturated heterocycles. The van der Waals surface area contributed by atoms with Crippen LogP contribution in [0.15, 0.2) is 48.5 Å². The second kappa shape index (κ2) is 9.42. The first kappa shape index (κ1) is 21.9. The summed E-state index contributed by atoms with van der Waals surface area (Å²) in [5, 5.41) is 14.7. The molecule has 0 unspecified atom stereocenters. The van der Waals surface area contributed by atoms with Crippen molar-refractivity contribution in [3.8, 4) is 11.1 Å². The van der Waals surface area contributed by atoms with Crippen LogP contribution in [-0.2, 0) is 14.3 Å². The van der Waals surface area contributed by atoms with Gasteiger partial charge in [-0.3, -0.25) is 9.59 Å². The van der Waals surface area contributed by atoms with E-state index in [4.69, 9.17) is 9.84 Å².